The largest absolute Gasteiger partial charge is 0.295 e. The molecule has 108 valence electrons. The molecule has 0 amide bonds. The Morgan fingerprint density at radius 2 is 2.05 bits per heavy atom. The Labute approximate surface area is 148 Å². The van der Waals surface area contributed by atoms with Crippen LogP contribution in [0.1, 0.15) is 5.82 Å². The molecular weight excluding hydrogens is 469 g/mol. The zero-order chi connectivity index (χ0) is 15.0. The maximum absolute atomic E-state index is 13.3. The van der Waals surface area contributed by atoms with E-state index in [-0.39, 0.29) is 5.82 Å². The molecule has 0 fully saturated rings. The number of alkyl halides is 1. The van der Waals surface area contributed by atoms with Gasteiger partial charge in [0.25, 0.3) is 0 Å². The number of rotatable bonds is 3. The molecule has 2 nitrogen and oxygen atoms in total. The van der Waals surface area contributed by atoms with E-state index < -0.39 is 0 Å². The predicted molar refractivity (Wildman–Crippen MR) is 95.9 cm³/mol. The second kappa shape index (κ2) is 6.22. The smallest absolute Gasteiger partial charge is 0.124 e. The number of nitrogens with zero attached hydrogens (tertiary/aromatic N) is 2. The number of aryl methyl sites for hydroxylation is 1. The van der Waals surface area contributed by atoms with Gasteiger partial charge in [-0.15, -0.1) is 11.6 Å². The van der Waals surface area contributed by atoms with Gasteiger partial charge in [-0.2, -0.15) is 0 Å². The van der Waals surface area contributed by atoms with Crippen LogP contribution in [-0.2, 0) is 6.42 Å². The first-order valence-corrected chi connectivity index (χ1v) is 8.69. The van der Waals surface area contributed by atoms with E-state index in [1.54, 1.807) is 6.07 Å². The quantitative estimate of drug-likeness (QED) is 0.368. The highest BCUT2D eigenvalue weighted by atomic mass is 127. The lowest BCUT2D eigenvalue weighted by molar-refractivity contribution is 0.626. The van der Waals surface area contributed by atoms with Crippen molar-refractivity contribution in [3.05, 3.63) is 56.1 Å². The molecule has 0 aliphatic rings. The zero-order valence-electron chi connectivity index (χ0n) is 10.8. The van der Waals surface area contributed by atoms with E-state index in [2.05, 4.69) is 43.5 Å². The molecule has 3 aromatic rings. The van der Waals surface area contributed by atoms with Crippen molar-refractivity contribution >= 4 is 61.2 Å². The van der Waals surface area contributed by atoms with Crippen LogP contribution in [-0.4, -0.2) is 15.4 Å². The third-order valence-corrected chi connectivity index (χ3v) is 4.65. The van der Waals surface area contributed by atoms with Crippen molar-refractivity contribution in [2.45, 2.75) is 6.42 Å². The highest BCUT2D eigenvalue weighted by molar-refractivity contribution is 14.1. The van der Waals surface area contributed by atoms with Gasteiger partial charge >= 0.3 is 0 Å². The number of imidazole rings is 1. The Hall–Kier alpha value is -0.660. The van der Waals surface area contributed by atoms with E-state index in [4.69, 9.17) is 11.6 Å². The van der Waals surface area contributed by atoms with Crippen LogP contribution in [0.2, 0.25) is 0 Å². The van der Waals surface area contributed by atoms with E-state index in [0.29, 0.717) is 16.8 Å². The molecule has 0 saturated carbocycles. The lowest BCUT2D eigenvalue weighted by atomic mass is 10.2. The van der Waals surface area contributed by atoms with Gasteiger partial charge < -0.3 is 0 Å². The van der Waals surface area contributed by atoms with Crippen molar-refractivity contribution in [1.29, 1.82) is 0 Å². The summed E-state index contributed by atoms with van der Waals surface area (Å²) in [6, 6.07) is 10.7. The van der Waals surface area contributed by atoms with Crippen LogP contribution in [0.5, 0.6) is 0 Å². The van der Waals surface area contributed by atoms with Gasteiger partial charge in [0.15, 0.2) is 0 Å². The van der Waals surface area contributed by atoms with Gasteiger partial charge in [-0.1, -0.05) is 0 Å². The van der Waals surface area contributed by atoms with Crippen LogP contribution in [0.4, 0.5) is 4.39 Å². The van der Waals surface area contributed by atoms with Crippen molar-refractivity contribution in [3.63, 3.8) is 0 Å². The summed E-state index contributed by atoms with van der Waals surface area (Å²) in [5.74, 6) is 1.08. The first kappa shape index (κ1) is 15.2. The molecule has 0 saturated heterocycles. The lowest BCUT2D eigenvalue weighted by Crippen LogP contribution is -2.03. The van der Waals surface area contributed by atoms with Gasteiger partial charge in [0, 0.05) is 20.3 Å². The van der Waals surface area contributed by atoms with Crippen molar-refractivity contribution in [2.24, 2.45) is 0 Å². The maximum Gasteiger partial charge on any atom is 0.124 e. The normalized spacial score (nSPS) is 11.2. The fraction of sp³-hybridized carbons (Fsp3) is 0.133. The van der Waals surface area contributed by atoms with Gasteiger partial charge in [0.1, 0.15) is 11.6 Å². The highest BCUT2D eigenvalue weighted by Crippen LogP contribution is 2.29. The van der Waals surface area contributed by atoms with Crippen molar-refractivity contribution in [3.8, 4) is 5.69 Å². The summed E-state index contributed by atoms with van der Waals surface area (Å²) < 4.78 is 17.2. The minimum absolute atomic E-state index is 0.275. The number of aromatic nitrogens is 2. The summed E-state index contributed by atoms with van der Waals surface area (Å²) in [5.41, 5.74) is 2.77. The molecule has 21 heavy (non-hydrogen) atoms. The van der Waals surface area contributed by atoms with Crippen molar-refractivity contribution < 1.29 is 4.39 Å². The van der Waals surface area contributed by atoms with Crippen LogP contribution in [0.25, 0.3) is 16.7 Å². The number of hydrogen-bond acceptors (Lipinski definition) is 1. The molecule has 0 spiro atoms. The summed E-state index contributed by atoms with van der Waals surface area (Å²) in [7, 11) is 0. The Bertz CT molecular complexity index is 819. The third-order valence-electron chi connectivity index (χ3n) is 3.15. The molecule has 0 aliphatic heterocycles. The minimum atomic E-state index is -0.275. The van der Waals surface area contributed by atoms with Gasteiger partial charge in [0.05, 0.1) is 16.7 Å². The molecule has 0 bridgehead atoms. The fourth-order valence-electron chi connectivity index (χ4n) is 2.29. The number of fused-ring (bicyclic) bond motifs is 1. The van der Waals surface area contributed by atoms with Gasteiger partial charge in [0.2, 0.25) is 0 Å². The first-order chi connectivity index (χ1) is 10.1. The SMILES string of the molecule is Fc1ccc(-n2c(CCCl)nc3cc(I)ccc32)c(Br)c1. The number of halogens is 4. The molecule has 0 atom stereocenters. The average Bonchev–Trinajstić information content (AvgIpc) is 2.76. The summed E-state index contributed by atoms with van der Waals surface area (Å²) in [6.45, 7) is 0. The van der Waals surface area contributed by atoms with E-state index in [1.165, 1.54) is 12.1 Å². The summed E-state index contributed by atoms with van der Waals surface area (Å²) in [4.78, 5) is 4.66. The predicted octanol–water partition coefficient (Wildman–Crippen LogP) is 5.31. The van der Waals surface area contributed by atoms with Crippen LogP contribution >= 0.6 is 50.1 Å². The molecule has 0 radical (unpaired) electrons. The zero-order valence-corrected chi connectivity index (χ0v) is 15.3. The fourth-order valence-corrected chi connectivity index (χ4v) is 3.46. The number of hydrogen-bond donors (Lipinski definition) is 0. The lowest BCUT2D eigenvalue weighted by Gasteiger charge is -2.11. The van der Waals surface area contributed by atoms with Crippen LogP contribution in [0, 0.1) is 9.39 Å². The van der Waals surface area contributed by atoms with Crippen LogP contribution < -0.4 is 0 Å². The van der Waals surface area contributed by atoms with Crippen LogP contribution in [0.3, 0.4) is 0 Å². The Balaban J connectivity index is 2.30. The second-order valence-electron chi connectivity index (χ2n) is 4.53. The Morgan fingerprint density at radius 3 is 2.76 bits per heavy atom. The summed E-state index contributed by atoms with van der Waals surface area (Å²) in [5, 5.41) is 0. The summed E-state index contributed by atoms with van der Waals surface area (Å²) >= 11 is 11.6. The molecule has 1 heterocycles. The topological polar surface area (TPSA) is 17.8 Å². The van der Waals surface area contributed by atoms with Crippen molar-refractivity contribution in [1.82, 2.24) is 9.55 Å². The molecule has 0 aliphatic carbocycles. The molecule has 1 aromatic heterocycles. The first-order valence-electron chi connectivity index (χ1n) is 6.28. The molecule has 6 heteroatoms. The van der Waals surface area contributed by atoms with E-state index in [0.717, 1.165) is 26.1 Å². The Morgan fingerprint density at radius 1 is 1.24 bits per heavy atom. The second-order valence-corrected chi connectivity index (χ2v) is 7.01. The molecule has 3 rings (SSSR count). The minimum Gasteiger partial charge on any atom is -0.295 e. The van der Waals surface area contributed by atoms with Gasteiger partial charge in [-0.05, 0) is 74.9 Å². The van der Waals surface area contributed by atoms with E-state index >= 15 is 0 Å². The van der Waals surface area contributed by atoms with E-state index in [1.807, 2.05) is 22.8 Å². The Kier molecular flexibility index (Phi) is 4.51. The summed E-state index contributed by atoms with van der Waals surface area (Å²) in [6.07, 6.45) is 0.649. The average molecular weight is 480 g/mol. The maximum atomic E-state index is 13.3. The third kappa shape index (κ3) is 2.96. The van der Waals surface area contributed by atoms with Gasteiger partial charge in [-0.25, -0.2) is 9.37 Å². The standard InChI is InChI=1S/C15H10BrClFIN2/c16-11-7-9(18)1-3-13(11)21-14-4-2-10(19)8-12(14)20-15(21)5-6-17/h1-4,7-8H,5-6H2. The number of benzene rings is 2. The highest BCUT2D eigenvalue weighted by Gasteiger charge is 2.14. The monoisotopic (exact) mass is 478 g/mol. The molecule has 2 aromatic carbocycles. The molecule has 0 unspecified atom stereocenters. The molecular formula is C15H10BrClFIN2. The van der Waals surface area contributed by atoms with E-state index in [9.17, 15) is 4.39 Å². The van der Waals surface area contributed by atoms with Gasteiger partial charge in [-0.3, -0.25) is 4.57 Å². The van der Waals surface area contributed by atoms with Crippen LogP contribution in [0.15, 0.2) is 40.9 Å². The van der Waals surface area contributed by atoms with Crippen molar-refractivity contribution in [2.75, 3.05) is 5.88 Å². The molecule has 0 N–H and O–H groups in total.